The lowest BCUT2D eigenvalue weighted by molar-refractivity contribution is -0.157. The average Bonchev–Trinajstić information content (AvgIpc) is 2.51. The first-order valence-electron chi connectivity index (χ1n) is 7.39. The highest BCUT2D eigenvalue weighted by molar-refractivity contribution is 7.91. The van der Waals surface area contributed by atoms with Gasteiger partial charge in [-0.3, -0.25) is 4.79 Å². The van der Waals surface area contributed by atoms with E-state index in [0.717, 1.165) is 12.1 Å². The van der Waals surface area contributed by atoms with Crippen LogP contribution in [0.3, 0.4) is 0 Å². The number of alkyl halides is 3. The van der Waals surface area contributed by atoms with E-state index in [1.54, 1.807) is 5.32 Å². The van der Waals surface area contributed by atoms with Gasteiger partial charge in [-0.1, -0.05) is 13.3 Å². The van der Waals surface area contributed by atoms with Gasteiger partial charge in [-0.2, -0.15) is 13.2 Å². The van der Waals surface area contributed by atoms with E-state index in [1.165, 1.54) is 12.1 Å². The van der Waals surface area contributed by atoms with E-state index in [-0.39, 0.29) is 16.2 Å². The smallest absolute Gasteiger partial charge is 0.391 e. The molecule has 0 fully saturated rings. The Bertz CT molecular complexity index is 714. The van der Waals surface area contributed by atoms with Crippen molar-refractivity contribution in [3.8, 4) is 0 Å². The van der Waals surface area contributed by atoms with Crippen molar-refractivity contribution in [2.75, 3.05) is 5.75 Å². The zero-order chi connectivity index (χ0) is 19.3. The topological polar surface area (TPSA) is 101 Å². The van der Waals surface area contributed by atoms with Crippen molar-refractivity contribution in [3.63, 3.8) is 0 Å². The Labute approximate surface area is 143 Å². The number of hydrogen-bond acceptors (Lipinski definition) is 4. The van der Waals surface area contributed by atoms with Crippen molar-refractivity contribution >= 4 is 21.7 Å². The lowest BCUT2D eigenvalue weighted by Gasteiger charge is -2.16. The van der Waals surface area contributed by atoms with Crippen molar-refractivity contribution in [3.05, 3.63) is 29.8 Å². The van der Waals surface area contributed by atoms with Crippen LogP contribution in [-0.4, -0.2) is 43.4 Å². The maximum absolute atomic E-state index is 12.3. The number of carbonyl (C=O) groups excluding carboxylic acids is 1. The van der Waals surface area contributed by atoms with E-state index in [1.807, 2.05) is 6.92 Å². The Balaban J connectivity index is 2.87. The molecule has 10 heteroatoms. The predicted octanol–water partition coefficient (Wildman–Crippen LogP) is 2.40. The summed E-state index contributed by atoms with van der Waals surface area (Å²) in [5.74, 6) is -2.90. The third kappa shape index (κ3) is 6.73. The molecule has 25 heavy (non-hydrogen) atoms. The minimum absolute atomic E-state index is 0.0115. The molecule has 0 spiro atoms. The quantitative estimate of drug-likeness (QED) is 0.720. The Kier molecular flexibility index (Phi) is 6.97. The summed E-state index contributed by atoms with van der Waals surface area (Å²) in [5.41, 5.74) is -0.136. The molecule has 6 nitrogen and oxygen atoms in total. The molecule has 0 aliphatic carbocycles. The number of unbranched alkanes of at least 4 members (excludes halogenated alkanes) is 1. The number of carboxylic acids is 1. The third-order valence-electron chi connectivity index (χ3n) is 3.28. The summed E-state index contributed by atoms with van der Waals surface area (Å²) < 4.78 is 61.0. The molecule has 0 radical (unpaired) electrons. The highest BCUT2D eigenvalue weighted by Gasteiger charge is 2.36. The van der Waals surface area contributed by atoms with E-state index < -0.39 is 40.4 Å². The van der Waals surface area contributed by atoms with Gasteiger partial charge in [0.2, 0.25) is 0 Å². The van der Waals surface area contributed by atoms with Gasteiger partial charge in [-0.15, -0.1) is 0 Å². The number of hydrogen-bond donors (Lipinski definition) is 2. The van der Waals surface area contributed by atoms with Crippen LogP contribution in [0.25, 0.3) is 0 Å². The number of rotatable bonds is 8. The molecule has 140 valence electrons. The highest BCUT2D eigenvalue weighted by atomic mass is 32.2. The van der Waals surface area contributed by atoms with Gasteiger partial charge in [0.05, 0.1) is 17.1 Å². The second-order valence-electron chi connectivity index (χ2n) is 5.38. The van der Waals surface area contributed by atoms with Crippen molar-refractivity contribution in [2.24, 2.45) is 0 Å². The summed E-state index contributed by atoms with van der Waals surface area (Å²) in [4.78, 5) is 22.7. The molecule has 0 aliphatic rings. The van der Waals surface area contributed by atoms with Gasteiger partial charge in [0.15, 0.2) is 9.84 Å². The van der Waals surface area contributed by atoms with Crippen molar-refractivity contribution in [2.45, 2.75) is 43.3 Å². The van der Waals surface area contributed by atoms with Crippen LogP contribution in [0.2, 0.25) is 0 Å². The molecule has 1 atom stereocenters. The summed E-state index contributed by atoms with van der Waals surface area (Å²) in [7, 11) is -3.50. The molecule has 0 saturated heterocycles. The largest absolute Gasteiger partial charge is 0.480 e. The molecule has 0 aromatic heterocycles. The fourth-order valence-electron chi connectivity index (χ4n) is 1.94. The maximum atomic E-state index is 12.3. The van der Waals surface area contributed by atoms with Crippen LogP contribution in [0.15, 0.2) is 29.2 Å². The predicted molar refractivity (Wildman–Crippen MR) is 83.0 cm³/mol. The summed E-state index contributed by atoms with van der Waals surface area (Å²) in [5, 5.41) is 10.5. The zero-order valence-electron chi connectivity index (χ0n) is 13.3. The van der Waals surface area contributed by atoms with Crippen LogP contribution >= 0.6 is 0 Å². The van der Waals surface area contributed by atoms with Crippen LogP contribution in [0.5, 0.6) is 0 Å². The number of aliphatic carboxylic acids is 1. The van der Waals surface area contributed by atoms with Gasteiger partial charge in [-0.05, 0) is 30.7 Å². The number of amides is 1. The summed E-state index contributed by atoms with van der Waals surface area (Å²) in [6.45, 7) is 1.84. The molecule has 1 aromatic carbocycles. The third-order valence-corrected chi connectivity index (χ3v) is 5.10. The zero-order valence-corrected chi connectivity index (χ0v) is 14.2. The maximum Gasteiger partial charge on any atom is 0.391 e. The normalized spacial score (nSPS) is 13.3. The van der Waals surface area contributed by atoms with Crippen LogP contribution < -0.4 is 5.32 Å². The molecule has 2 N–H and O–H groups in total. The minimum Gasteiger partial charge on any atom is -0.480 e. The standard InChI is InChI=1S/C15H18F3NO5S/c1-2-3-8-25(23,24)11-6-4-10(5-7-11)13(20)19-12(14(21)22)9-15(16,17)18/h4-7,12H,2-3,8-9H2,1H3,(H,19,20)(H,21,22). The van der Waals surface area contributed by atoms with Gasteiger partial charge in [0.25, 0.3) is 5.91 Å². The van der Waals surface area contributed by atoms with Crippen LogP contribution in [-0.2, 0) is 14.6 Å². The van der Waals surface area contributed by atoms with E-state index in [4.69, 9.17) is 5.11 Å². The molecular weight excluding hydrogens is 363 g/mol. The van der Waals surface area contributed by atoms with E-state index >= 15 is 0 Å². The highest BCUT2D eigenvalue weighted by Crippen LogP contribution is 2.22. The number of sulfone groups is 1. The van der Waals surface area contributed by atoms with E-state index in [2.05, 4.69) is 0 Å². The Morgan fingerprint density at radius 1 is 1.20 bits per heavy atom. The molecule has 1 rings (SSSR count). The Morgan fingerprint density at radius 3 is 2.20 bits per heavy atom. The number of carbonyl (C=O) groups is 2. The van der Waals surface area contributed by atoms with Crippen LogP contribution in [0.4, 0.5) is 13.2 Å². The molecular formula is C15H18F3NO5S. The number of halogens is 3. The summed E-state index contributed by atoms with van der Waals surface area (Å²) in [6.07, 6.45) is -5.30. The summed E-state index contributed by atoms with van der Waals surface area (Å²) >= 11 is 0. The summed E-state index contributed by atoms with van der Waals surface area (Å²) in [6, 6.07) is 2.46. The van der Waals surface area contributed by atoms with Crippen molar-refractivity contribution in [1.82, 2.24) is 5.32 Å². The van der Waals surface area contributed by atoms with E-state index in [9.17, 15) is 31.2 Å². The van der Waals surface area contributed by atoms with Gasteiger partial charge < -0.3 is 10.4 Å². The number of carboxylic acid groups (broad SMARTS) is 1. The second kappa shape index (κ2) is 8.32. The van der Waals surface area contributed by atoms with Gasteiger partial charge in [-0.25, -0.2) is 13.2 Å². The number of benzene rings is 1. The first kappa shape index (κ1) is 20.9. The average molecular weight is 381 g/mol. The monoisotopic (exact) mass is 381 g/mol. The molecule has 0 heterocycles. The number of nitrogens with one attached hydrogen (secondary N) is 1. The van der Waals surface area contributed by atoms with E-state index in [0.29, 0.717) is 12.8 Å². The lowest BCUT2D eigenvalue weighted by atomic mass is 10.1. The van der Waals surface area contributed by atoms with Gasteiger partial charge in [0, 0.05) is 5.56 Å². The fraction of sp³-hybridized carbons (Fsp3) is 0.467. The molecule has 1 aromatic rings. The molecule has 0 bridgehead atoms. The van der Waals surface area contributed by atoms with Gasteiger partial charge in [0.1, 0.15) is 6.04 Å². The fourth-order valence-corrected chi connectivity index (χ4v) is 3.39. The van der Waals surface area contributed by atoms with Crippen molar-refractivity contribution < 1.29 is 36.3 Å². The van der Waals surface area contributed by atoms with Crippen LogP contribution in [0, 0.1) is 0 Å². The second-order valence-corrected chi connectivity index (χ2v) is 7.49. The van der Waals surface area contributed by atoms with Crippen molar-refractivity contribution in [1.29, 1.82) is 0 Å². The van der Waals surface area contributed by atoms with Gasteiger partial charge >= 0.3 is 12.1 Å². The SMILES string of the molecule is CCCCS(=O)(=O)c1ccc(C(=O)NC(CC(F)(F)F)C(=O)O)cc1. The van der Waals surface area contributed by atoms with Crippen LogP contribution in [0.1, 0.15) is 36.5 Å². The molecule has 0 aliphatic heterocycles. The lowest BCUT2D eigenvalue weighted by Crippen LogP contribution is -2.43. The first-order valence-corrected chi connectivity index (χ1v) is 9.04. The minimum atomic E-state index is -4.76. The Morgan fingerprint density at radius 2 is 1.76 bits per heavy atom. The molecule has 1 amide bonds. The first-order chi connectivity index (χ1) is 11.5. The molecule has 1 unspecified atom stereocenters. The Hall–Kier alpha value is -2.10. The molecule has 0 saturated carbocycles.